The molecule has 4 N–H and O–H groups in total. The lowest BCUT2D eigenvalue weighted by molar-refractivity contribution is 0.0339. The lowest BCUT2D eigenvalue weighted by Gasteiger charge is -2.33. The van der Waals surface area contributed by atoms with Gasteiger partial charge in [-0.25, -0.2) is 0 Å². The minimum absolute atomic E-state index is 0.131. The van der Waals surface area contributed by atoms with Gasteiger partial charge >= 0.3 is 0 Å². The summed E-state index contributed by atoms with van der Waals surface area (Å²) in [5, 5.41) is 13.4. The maximum absolute atomic E-state index is 10.2. The zero-order chi connectivity index (χ0) is 10.7. The van der Waals surface area contributed by atoms with Crippen LogP contribution in [0, 0.1) is 0 Å². The summed E-state index contributed by atoms with van der Waals surface area (Å²) < 4.78 is 0. The van der Waals surface area contributed by atoms with E-state index in [9.17, 15) is 5.11 Å². The lowest BCUT2D eigenvalue weighted by atomic mass is 9.95. The number of hydrogen-bond donors (Lipinski definition) is 3. The second kappa shape index (κ2) is 4.84. The van der Waals surface area contributed by atoms with Crippen molar-refractivity contribution in [2.45, 2.75) is 37.8 Å². The fraction of sp³-hybridized carbons (Fsp3) is 1.00. The molecule has 1 aliphatic rings. The van der Waals surface area contributed by atoms with Gasteiger partial charge in [-0.15, -0.1) is 0 Å². The average Bonchev–Trinajstić information content (AvgIpc) is 2.02. The van der Waals surface area contributed by atoms with Gasteiger partial charge in [-0.05, 0) is 39.8 Å². The molecule has 0 unspecified atom stereocenters. The van der Waals surface area contributed by atoms with E-state index in [-0.39, 0.29) is 5.54 Å². The molecule has 0 spiro atoms. The Labute approximate surface area is 90.8 Å². The number of piperidine rings is 1. The number of thioether (sulfide) groups is 1. The zero-order valence-electron chi connectivity index (χ0n) is 9.18. The number of hydrogen-bond acceptors (Lipinski definition) is 4. The Morgan fingerprint density at radius 2 is 2.00 bits per heavy atom. The van der Waals surface area contributed by atoms with Crippen LogP contribution in [0.5, 0.6) is 0 Å². The molecule has 0 aromatic heterocycles. The highest BCUT2D eigenvalue weighted by Crippen LogP contribution is 2.24. The Morgan fingerprint density at radius 3 is 2.50 bits per heavy atom. The molecular weight excluding hydrogens is 196 g/mol. The normalized spacial score (nSPS) is 22.3. The van der Waals surface area contributed by atoms with Crippen LogP contribution in [0.3, 0.4) is 0 Å². The lowest BCUT2D eigenvalue weighted by Crippen LogP contribution is -2.44. The van der Waals surface area contributed by atoms with Crippen molar-refractivity contribution in [3.8, 4) is 0 Å². The molecule has 1 rings (SSSR count). The molecule has 1 heterocycles. The van der Waals surface area contributed by atoms with Crippen LogP contribution in [0.25, 0.3) is 0 Å². The predicted molar refractivity (Wildman–Crippen MR) is 62.6 cm³/mol. The summed E-state index contributed by atoms with van der Waals surface area (Å²) in [6, 6.07) is 0. The molecule has 0 saturated carbocycles. The molecule has 0 bridgehead atoms. The maximum Gasteiger partial charge on any atom is 0.0761 e. The summed E-state index contributed by atoms with van der Waals surface area (Å²) in [4.78, 5) is 0. The monoisotopic (exact) mass is 218 g/mol. The highest BCUT2D eigenvalue weighted by Gasteiger charge is 2.29. The summed E-state index contributed by atoms with van der Waals surface area (Å²) in [6.45, 7) is 5.91. The number of nitrogens with one attached hydrogen (secondary N) is 1. The van der Waals surface area contributed by atoms with E-state index in [0.29, 0.717) is 0 Å². The largest absolute Gasteiger partial charge is 0.389 e. The van der Waals surface area contributed by atoms with Gasteiger partial charge < -0.3 is 16.2 Å². The number of aliphatic hydroxyl groups is 1. The van der Waals surface area contributed by atoms with Gasteiger partial charge in [0.2, 0.25) is 0 Å². The maximum atomic E-state index is 10.2. The van der Waals surface area contributed by atoms with E-state index in [2.05, 4.69) is 5.32 Å². The Bertz CT molecular complexity index is 173. The molecule has 0 aromatic rings. The van der Waals surface area contributed by atoms with Crippen molar-refractivity contribution in [3.05, 3.63) is 0 Å². The van der Waals surface area contributed by atoms with Crippen molar-refractivity contribution in [2.24, 2.45) is 5.73 Å². The minimum Gasteiger partial charge on any atom is -0.389 e. The molecule has 14 heavy (non-hydrogen) atoms. The van der Waals surface area contributed by atoms with Crippen molar-refractivity contribution >= 4 is 11.8 Å². The van der Waals surface area contributed by atoms with Gasteiger partial charge in [0.25, 0.3) is 0 Å². The van der Waals surface area contributed by atoms with Crippen molar-refractivity contribution in [2.75, 3.05) is 24.6 Å². The topological polar surface area (TPSA) is 58.3 Å². The van der Waals surface area contributed by atoms with Crippen LogP contribution in [0.4, 0.5) is 0 Å². The quantitative estimate of drug-likeness (QED) is 0.646. The fourth-order valence-corrected chi connectivity index (χ4v) is 2.84. The first-order valence-corrected chi connectivity index (χ1v) is 6.37. The Hall–Kier alpha value is 0.230. The van der Waals surface area contributed by atoms with Crippen LogP contribution in [-0.2, 0) is 0 Å². The molecule has 1 saturated heterocycles. The Morgan fingerprint density at radius 1 is 1.43 bits per heavy atom. The highest BCUT2D eigenvalue weighted by atomic mass is 32.2. The van der Waals surface area contributed by atoms with Gasteiger partial charge in [0.05, 0.1) is 5.60 Å². The molecule has 0 aromatic carbocycles. The van der Waals surface area contributed by atoms with Crippen molar-refractivity contribution in [3.63, 3.8) is 0 Å². The standard InChI is InChI=1S/C10H22N2OS/c1-9(2,11)7-14-8-10(13)3-5-12-6-4-10/h12-13H,3-8,11H2,1-2H3. The van der Waals surface area contributed by atoms with Crippen molar-refractivity contribution in [1.29, 1.82) is 0 Å². The molecule has 4 heteroatoms. The van der Waals surface area contributed by atoms with Gasteiger partial charge in [0, 0.05) is 17.0 Å². The SMILES string of the molecule is CC(C)(N)CSCC1(O)CCNCC1. The predicted octanol–water partition coefficient (Wildman–Crippen LogP) is 0.571. The van der Waals surface area contributed by atoms with Gasteiger partial charge in [-0.3, -0.25) is 0 Å². The number of rotatable bonds is 4. The summed E-state index contributed by atoms with van der Waals surface area (Å²) >= 11 is 1.76. The summed E-state index contributed by atoms with van der Waals surface area (Å²) in [6.07, 6.45) is 1.73. The van der Waals surface area contributed by atoms with Gasteiger partial charge in [-0.2, -0.15) is 11.8 Å². The van der Waals surface area contributed by atoms with E-state index in [4.69, 9.17) is 5.73 Å². The third-order valence-corrected chi connectivity index (χ3v) is 4.07. The number of nitrogens with two attached hydrogens (primary N) is 1. The highest BCUT2D eigenvalue weighted by molar-refractivity contribution is 7.99. The first-order chi connectivity index (χ1) is 6.41. The second-order valence-corrected chi connectivity index (χ2v) is 5.94. The van der Waals surface area contributed by atoms with Gasteiger partial charge in [0.1, 0.15) is 0 Å². The smallest absolute Gasteiger partial charge is 0.0761 e. The van der Waals surface area contributed by atoms with Gasteiger partial charge in [0.15, 0.2) is 0 Å². The molecule has 3 nitrogen and oxygen atoms in total. The van der Waals surface area contributed by atoms with Crippen LogP contribution >= 0.6 is 11.8 Å². The van der Waals surface area contributed by atoms with E-state index in [0.717, 1.165) is 37.4 Å². The molecular formula is C10H22N2OS. The van der Waals surface area contributed by atoms with Crippen LogP contribution in [0.2, 0.25) is 0 Å². The van der Waals surface area contributed by atoms with Crippen LogP contribution in [-0.4, -0.2) is 40.8 Å². The van der Waals surface area contributed by atoms with E-state index < -0.39 is 5.60 Å². The Balaban J connectivity index is 2.22. The average molecular weight is 218 g/mol. The molecule has 84 valence electrons. The third kappa shape index (κ3) is 4.64. The third-order valence-electron chi connectivity index (χ3n) is 2.38. The Kier molecular flexibility index (Phi) is 4.25. The molecule has 0 aliphatic carbocycles. The molecule has 0 amide bonds. The van der Waals surface area contributed by atoms with Crippen molar-refractivity contribution in [1.82, 2.24) is 5.32 Å². The molecule has 0 atom stereocenters. The molecule has 1 aliphatic heterocycles. The van der Waals surface area contributed by atoms with Crippen molar-refractivity contribution < 1.29 is 5.11 Å². The summed E-state index contributed by atoms with van der Waals surface area (Å²) in [5.41, 5.74) is 5.29. The van der Waals surface area contributed by atoms with E-state index in [1.807, 2.05) is 13.8 Å². The second-order valence-electron chi connectivity index (χ2n) is 4.96. The summed E-state index contributed by atoms with van der Waals surface area (Å²) in [5.74, 6) is 1.72. The van der Waals surface area contributed by atoms with E-state index in [1.54, 1.807) is 11.8 Å². The molecule has 1 fully saturated rings. The van der Waals surface area contributed by atoms with Crippen LogP contribution in [0.1, 0.15) is 26.7 Å². The fourth-order valence-electron chi connectivity index (χ4n) is 1.54. The van der Waals surface area contributed by atoms with E-state index >= 15 is 0 Å². The summed E-state index contributed by atoms with van der Waals surface area (Å²) in [7, 11) is 0. The first-order valence-electron chi connectivity index (χ1n) is 5.21. The van der Waals surface area contributed by atoms with E-state index in [1.165, 1.54) is 0 Å². The molecule has 0 radical (unpaired) electrons. The van der Waals surface area contributed by atoms with Crippen LogP contribution in [0.15, 0.2) is 0 Å². The van der Waals surface area contributed by atoms with Gasteiger partial charge in [-0.1, -0.05) is 0 Å². The minimum atomic E-state index is -0.457. The van der Waals surface area contributed by atoms with Crippen LogP contribution < -0.4 is 11.1 Å². The first kappa shape index (κ1) is 12.3. The zero-order valence-corrected chi connectivity index (χ0v) is 9.99.